The maximum absolute atomic E-state index is 5.26. The molecule has 0 amide bonds. The zero-order chi connectivity index (χ0) is 41.0. The maximum atomic E-state index is 5.26. The van der Waals surface area contributed by atoms with Gasteiger partial charge in [0.15, 0.2) is 17.5 Å². The molecular formula is C57H36N4S. The largest absolute Gasteiger partial charge is 0.308 e. The van der Waals surface area contributed by atoms with Gasteiger partial charge in [0.2, 0.25) is 0 Å². The van der Waals surface area contributed by atoms with Crippen LogP contribution in [-0.4, -0.2) is 19.5 Å². The van der Waals surface area contributed by atoms with E-state index in [9.17, 15) is 0 Å². The number of fused-ring (bicyclic) bond motifs is 7. The summed E-state index contributed by atoms with van der Waals surface area (Å²) in [7, 11) is 0. The van der Waals surface area contributed by atoms with E-state index >= 15 is 0 Å². The minimum absolute atomic E-state index is 0.635. The Bertz CT molecular complexity index is 3480. The van der Waals surface area contributed by atoms with Crippen LogP contribution in [0.15, 0.2) is 218 Å². The Hall–Kier alpha value is -7.99. The first-order chi connectivity index (χ1) is 30.7. The standard InChI is InChI=1S/C57H36N4S/c1-4-13-37(14-5-1)40-23-27-43(28-24-40)55-58-56(44-29-25-41(26-30-44)38-15-6-2-7-16-38)60-57(59-55)50-21-12-20-48-49-36-35-47-46-19-10-11-22-51(46)61(52(47)54(49)62-53(48)50)45-33-31-42(32-34-45)39-17-8-3-9-18-39/h1-36H. The summed E-state index contributed by atoms with van der Waals surface area (Å²) in [5.41, 5.74) is 13.4. The lowest BCUT2D eigenvalue weighted by Gasteiger charge is -2.10. The van der Waals surface area contributed by atoms with Crippen molar-refractivity contribution in [3.05, 3.63) is 218 Å². The van der Waals surface area contributed by atoms with Crippen molar-refractivity contribution in [2.45, 2.75) is 0 Å². The Morgan fingerprint density at radius 2 is 0.710 bits per heavy atom. The summed E-state index contributed by atoms with van der Waals surface area (Å²) in [6.07, 6.45) is 0. The molecule has 0 fully saturated rings. The molecule has 3 aromatic heterocycles. The summed E-state index contributed by atoms with van der Waals surface area (Å²) in [4.78, 5) is 15.7. The van der Waals surface area contributed by atoms with Gasteiger partial charge in [0.1, 0.15) is 0 Å². The minimum Gasteiger partial charge on any atom is -0.308 e. The van der Waals surface area contributed by atoms with Crippen LogP contribution in [0.3, 0.4) is 0 Å². The molecule has 3 heterocycles. The third-order valence-electron chi connectivity index (χ3n) is 11.9. The number of hydrogen-bond donors (Lipinski definition) is 0. The quantitative estimate of drug-likeness (QED) is 0.161. The van der Waals surface area contributed by atoms with Crippen molar-refractivity contribution in [2.24, 2.45) is 0 Å². The minimum atomic E-state index is 0.635. The molecule has 0 bridgehead atoms. The summed E-state index contributed by atoms with van der Waals surface area (Å²) < 4.78 is 4.82. The molecule has 0 aliphatic carbocycles. The molecule has 12 rings (SSSR count). The van der Waals surface area contributed by atoms with E-state index in [1.807, 2.05) is 23.5 Å². The molecule has 0 radical (unpaired) electrons. The van der Waals surface area contributed by atoms with Crippen LogP contribution >= 0.6 is 11.3 Å². The Labute approximate surface area is 362 Å². The number of para-hydroxylation sites is 1. The van der Waals surface area contributed by atoms with Crippen molar-refractivity contribution in [1.29, 1.82) is 0 Å². The van der Waals surface area contributed by atoms with Crippen molar-refractivity contribution in [3.63, 3.8) is 0 Å². The summed E-state index contributed by atoms with van der Waals surface area (Å²) in [6, 6.07) is 77.3. The molecule has 0 spiro atoms. The Morgan fingerprint density at radius 3 is 1.27 bits per heavy atom. The first-order valence-corrected chi connectivity index (χ1v) is 21.7. The van der Waals surface area contributed by atoms with Gasteiger partial charge in [0, 0.05) is 48.6 Å². The molecule has 0 atom stereocenters. The fourth-order valence-electron chi connectivity index (χ4n) is 8.82. The van der Waals surface area contributed by atoms with Gasteiger partial charge in [-0.1, -0.05) is 194 Å². The van der Waals surface area contributed by atoms with Crippen molar-refractivity contribution in [3.8, 4) is 73.2 Å². The Morgan fingerprint density at radius 1 is 0.290 bits per heavy atom. The highest BCUT2D eigenvalue weighted by molar-refractivity contribution is 7.27. The highest BCUT2D eigenvalue weighted by atomic mass is 32.1. The van der Waals surface area contributed by atoms with Gasteiger partial charge in [-0.25, -0.2) is 15.0 Å². The van der Waals surface area contributed by atoms with Crippen molar-refractivity contribution >= 4 is 53.3 Å². The van der Waals surface area contributed by atoms with Crippen LogP contribution in [0.1, 0.15) is 0 Å². The molecule has 0 saturated carbocycles. The zero-order valence-electron chi connectivity index (χ0n) is 33.5. The lowest BCUT2D eigenvalue weighted by atomic mass is 10.0. The normalized spacial score (nSPS) is 11.5. The van der Waals surface area contributed by atoms with E-state index in [-0.39, 0.29) is 0 Å². The van der Waals surface area contributed by atoms with Crippen molar-refractivity contribution in [1.82, 2.24) is 19.5 Å². The molecule has 0 unspecified atom stereocenters. The van der Waals surface area contributed by atoms with Crippen LogP contribution in [0.25, 0.3) is 115 Å². The second-order valence-electron chi connectivity index (χ2n) is 15.6. The Kier molecular flexibility index (Phi) is 8.65. The van der Waals surface area contributed by atoms with E-state index in [0.29, 0.717) is 17.5 Å². The van der Waals surface area contributed by atoms with Gasteiger partial charge >= 0.3 is 0 Å². The number of benzene rings is 9. The summed E-state index contributed by atoms with van der Waals surface area (Å²) in [5, 5.41) is 4.86. The molecule has 9 aromatic carbocycles. The van der Waals surface area contributed by atoms with E-state index in [1.54, 1.807) is 0 Å². The lowest BCUT2D eigenvalue weighted by molar-refractivity contribution is 1.08. The molecule has 12 aromatic rings. The molecule has 0 aliphatic rings. The van der Waals surface area contributed by atoms with Crippen molar-refractivity contribution < 1.29 is 0 Å². The number of aromatic nitrogens is 4. The zero-order valence-corrected chi connectivity index (χ0v) is 34.3. The van der Waals surface area contributed by atoms with E-state index < -0.39 is 0 Å². The number of hydrogen-bond acceptors (Lipinski definition) is 4. The fourth-order valence-corrected chi connectivity index (χ4v) is 10.2. The van der Waals surface area contributed by atoms with Gasteiger partial charge in [-0.3, -0.25) is 0 Å². The van der Waals surface area contributed by atoms with Crippen LogP contribution in [0.5, 0.6) is 0 Å². The first kappa shape index (κ1) is 35.9. The molecule has 0 N–H and O–H groups in total. The average molecular weight is 809 g/mol. The predicted octanol–water partition coefficient (Wildman–Crippen LogP) is 15.3. The van der Waals surface area contributed by atoms with Gasteiger partial charge in [-0.2, -0.15) is 0 Å². The number of thiophene rings is 1. The van der Waals surface area contributed by atoms with Crippen LogP contribution < -0.4 is 0 Å². The topological polar surface area (TPSA) is 43.6 Å². The summed E-state index contributed by atoms with van der Waals surface area (Å²) in [5.74, 6) is 1.92. The van der Waals surface area contributed by atoms with Gasteiger partial charge in [0.05, 0.1) is 15.7 Å². The van der Waals surface area contributed by atoms with Crippen LogP contribution in [-0.2, 0) is 0 Å². The van der Waals surface area contributed by atoms with Gasteiger partial charge in [-0.05, 0) is 57.6 Å². The maximum Gasteiger partial charge on any atom is 0.165 e. The average Bonchev–Trinajstić information content (AvgIpc) is 3.91. The third-order valence-corrected chi connectivity index (χ3v) is 13.2. The van der Waals surface area contributed by atoms with Gasteiger partial charge in [-0.15, -0.1) is 11.3 Å². The van der Waals surface area contributed by atoms with Crippen LogP contribution in [0.2, 0.25) is 0 Å². The third kappa shape index (κ3) is 6.18. The lowest BCUT2D eigenvalue weighted by Crippen LogP contribution is -2.00. The highest BCUT2D eigenvalue weighted by Crippen LogP contribution is 2.45. The summed E-state index contributed by atoms with van der Waals surface area (Å²) in [6.45, 7) is 0. The SMILES string of the molecule is c1ccc(-c2ccc(-c3nc(-c4ccc(-c5ccccc5)cc4)nc(-c4cccc5c4sc4c5ccc5c6ccccc6n(-c6ccc(-c7ccccc7)cc6)c54)n3)cc2)cc1. The Balaban J connectivity index is 1.04. The fraction of sp³-hybridized carbons (Fsp3) is 0. The summed E-state index contributed by atoms with van der Waals surface area (Å²) >= 11 is 1.82. The second kappa shape index (κ2) is 14.9. The van der Waals surface area contributed by atoms with E-state index in [4.69, 9.17) is 15.0 Å². The van der Waals surface area contributed by atoms with E-state index in [2.05, 4.69) is 211 Å². The van der Waals surface area contributed by atoms with Crippen molar-refractivity contribution in [2.75, 3.05) is 0 Å². The van der Waals surface area contributed by atoms with Gasteiger partial charge in [0.25, 0.3) is 0 Å². The second-order valence-corrected chi connectivity index (χ2v) is 16.6. The van der Waals surface area contributed by atoms with E-state index in [1.165, 1.54) is 59.5 Å². The number of rotatable bonds is 7. The predicted molar refractivity (Wildman–Crippen MR) is 260 cm³/mol. The van der Waals surface area contributed by atoms with Crippen LogP contribution in [0, 0.1) is 0 Å². The van der Waals surface area contributed by atoms with Crippen LogP contribution in [0.4, 0.5) is 0 Å². The monoisotopic (exact) mass is 808 g/mol. The van der Waals surface area contributed by atoms with E-state index in [0.717, 1.165) is 38.2 Å². The number of nitrogens with zero attached hydrogens (tertiary/aromatic N) is 4. The molecule has 0 aliphatic heterocycles. The van der Waals surface area contributed by atoms with Gasteiger partial charge < -0.3 is 4.57 Å². The molecule has 0 saturated heterocycles. The molecular weight excluding hydrogens is 773 g/mol. The smallest absolute Gasteiger partial charge is 0.165 e. The first-order valence-electron chi connectivity index (χ1n) is 20.8. The molecule has 4 nitrogen and oxygen atoms in total. The molecule has 62 heavy (non-hydrogen) atoms. The highest BCUT2D eigenvalue weighted by Gasteiger charge is 2.21. The molecule has 5 heteroatoms. The molecule has 290 valence electrons.